The minimum absolute atomic E-state index is 0.117. The van der Waals surface area contributed by atoms with Crippen LogP contribution < -0.4 is 75.3 Å². The molecule has 0 spiro atoms. The average molecular weight is 1580 g/mol. The van der Waals surface area contributed by atoms with Gasteiger partial charge >= 0.3 is 17.9 Å². The maximum atomic E-state index is 14.4. The maximum Gasteiger partial charge on any atom is 0.326 e. The Kier molecular flexibility index (Phi) is 34.8. The summed E-state index contributed by atoms with van der Waals surface area (Å²) in [7, 11) is 0. The zero-order valence-corrected chi connectivity index (χ0v) is 62.8. The van der Waals surface area contributed by atoms with E-state index in [0.717, 1.165) is 36.1 Å². The summed E-state index contributed by atoms with van der Waals surface area (Å²) in [5.41, 5.74) is 14.5. The number of amides is 11. The van der Waals surface area contributed by atoms with Crippen LogP contribution in [0.15, 0.2) is 152 Å². The Morgan fingerprint density at radius 2 is 0.912 bits per heavy atom. The number of rotatable bonds is 45. The van der Waals surface area contributed by atoms with E-state index in [9.17, 15) is 97.8 Å². The Balaban J connectivity index is 1.12. The van der Waals surface area contributed by atoms with Crippen molar-refractivity contribution in [2.75, 3.05) is 19.7 Å². The predicted octanol–water partition coefficient (Wildman–Crippen LogP) is -2.84. The fourth-order valence-corrected chi connectivity index (χ4v) is 11.5. The standard InChI is InChI=1S/C77H97N17O20/c1-42(96)63(92-60(98)39-83-66(104)53(30-31-61(99)100)91-75(114)77(3,4)94-71(109)56(36-51-38-81-41-84-51)85-65(103)52(78)21-14-32-82-76(79)80)72(110)88-55(33-44-15-8-5-9-16-44)69(107)93-64(43(2)97)73(111)90-59(40-95)70(108)87-57(37-62(101)102)68(106)86-54(34-45-22-26-49(27-23-45)47-17-10-6-11-18-47)67(105)89-58(74(112)113)35-46-24-28-50(29-25-46)48-19-12-7-13-20-48/h5-13,15-20,22-29,38,41-43,52-59,63-64,95-97H,14,21,30-37,39-40,78H2,1-4H3,(H,81,84)(H,83,104)(H,85,103)(H,86,106)(H,87,108)(H,88,110)(H,89,105)(H,90,111)(H,91,114)(H,92,98)(H,93,107)(H,94,109)(H,99,100)(H,101,102)(H,112,113)(H4,79,80,82)/t42-,43-,52+,53+,54+,55+,56+,57+,58+,59+,63+,64+/m1/s1. The molecule has 1 heterocycles. The molecular formula is C77H97N17O20. The van der Waals surface area contributed by atoms with E-state index in [-0.39, 0.29) is 44.6 Å². The number of H-pyrrole nitrogens is 1. The molecule has 12 atom stereocenters. The number of carbonyl (C=O) groups is 14. The Morgan fingerprint density at radius 1 is 0.474 bits per heavy atom. The predicted molar refractivity (Wildman–Crippen MR) is 411 cm³/mol. The fraction of sp³-hybridized carbons (Fsp3) is 0.377. The number of carboxylic acid groups (broad SMARTS) is 3. The molecule has 37 nitrogen and oxygen atoms in total. The average Bonchev–Trinajstić information content (AvgIpc) is 0.997. The van der Waals surface area contributed by atoms with Crippen LogP contribution in [0.1, 0.15) is 82.2 Å². The van der Waals surface area contributed by atoms with Gasteiger partial charge in [0.25, 0.3) is 0 Å². The van der Waals surface area contributed by atoms with Crippen LogP contribution in [0.3, 0.4) is 0 Å². The molecule has 24 N–H and O–H groups in total. The Hall–Kier alpha value is -13.0. The lowest BCUT2D eigenvalue weighted by molar-refractivity contribution is -0.143. The molecule has 114 heavy (non-hydrogen) atoms. The quantitative estimate of drug-likeness (QED) is 0.0104. The zero-order chi connectivity index (χ0) is 83.8. The molecule has 6 rings (SSSR count). The second-order valence-corrected chi connectivity index (χ2v) is 27.4. The summed E-state index contributed by atoms with van der Waals surface area (Å²) in [6.07, 6.45) is -3.94. The summed E-state index contributed by atoms with van der Waals surface area (Å²) in [5, 5.41) is 98.0. The van der Waals surface area contributed by atoms with Gasteiger partial charge < -0.3 is 111 Å². The zero-order valence-electron chi connectivity index (χ0n) is 62.8. The number of aliphatic carboxylic acids is 3. The lowest BCUT2D eigenvalue weighted by Crippen LogP contribution is -2.63. The first-order valence-corrected chi connectivity index (χ1v) is 36.2. The molecule has 0 radical (unpaired) electrons. The third-order valence-electron chi connectivity index (χ3n) is 17.8. The third kappa shape index (κ3) is 29.3. The lowest BCUT2D eigenvalue weighted by Gasteiger charge is -2.30. The van der Waals surface area contributed by atoms with Gasteiger partial charge in [-0.05, 0) is 85.9 Å². The molecule has 11 amide bonds. The molecule has 1 aromatic heterocycles. The van der Waals surface area contributed by atoms with Crippen LogP contribution in [0.4, 0.5) is 0 Å². The molecule has 6 aromatic rings. The lowest BCUT2D eigenvalue weighted by atomic mass is 9.98. The van der Waals surface area contributed by atoms with Gasteiger partial charge in [-0.25, -0.2) is 9.78 Å². The number of hydrogen-bond acceptors (Lipinski definition) is 20. The number of hydrogen-bond donors (Lipinski definition) is 22. The second-order valence-electron chi connectivity index (χ2n) is 27.4. The summed E-state index contributed by atoms with van der Waals surface area (Å²) in [5.74, 6) is -17.3. The van der Waals surface area contributed by atoms with Crippen LogP contribution in [0.5, 0.6) is 0 Å². The summed E-state index contributed by atoms with van der Waals surface area (Å²) >= 11 is 0. The normalized spacial score (nSPS) is 14.3. The number of guanidine groups is 1. The number of benzene rings is 5. The smallest absolute Gasteiger partial charge is 0.326 e. The molecule has 0 fully saturated rings. The van der Waals surface area contributed by atoms with Gasteiger partial charge in [-0.3, -0.25) is 67.7 Å². The van der Waals surface area contributed by atoms with Crippen molar-refractivity contribution in [3.8, 4) is 22.3 Å². The van der Waals surface area contributed by atoms with Gasteiger partial charge in [-0.2, -0.15) is 0 Å². The topological polar surface area (TPSA) is 609 Å². The van der Waals surface area contributed by atoms with Crippen LogP contribution >= 0.6 is 0 Å². The summed E-state index contributed by atoms with van der Waals surface area (Å²) < 4.78 is 0. The SMILES string of the molecule is C[C@@H](O)[C@H](NC(=O)CNC(=O)[C@H](CCC(=O)O)NC(=O)C(C)(C)NC(=O)[C@H](Cc1c[nH]cn1)NC(=O)[C@@H](N)CCCNC(=N)N)C(=O)N[C@@H](Cc1ccccc1)C(=O)N[C@H](C(=O)N[C@@H](CO)C(=O)N[C@@H](CC(=O)O)C(=O)N[C@@H](Cc1ccc(-c2ccccc2)cc1)C(=O)N[C@@H](Cc1ccc(-c2ccccc2)cc1)C(=O)O)[C@@H](C)O. The van der Waals surface area contributed by atoms with Gasteiger partial charge in [-0.1, -0.05) is 140 Å². The molecule has 0 saturated carbocycles. The first-order valence-electron chi connectivity index (χ1n) is 36.2. The van der Waals surface area contributed by atoms with Crippen LogP contribution in [-0.4, -0.2) is 227 Å². The molecule has 0 aliphatic heterocycles. The molecule has 0 aliphatic rings. The molecule has 0 bridgehead atoms. The Morgan fingerprint density at radius 3 is 1.40 bits per heavy atom. The van der Waals surface area contributed by atoms with Crippen molar-refractivity contribution in [1.29, 1.82) is 5.41 Å². The van der Waals surface area contributed by atoms with Crippen molar-refractivity contribution >= 4 is 88.8 Å². The van der Waals surface area contributed by atoms with Gasteiger partial charge in [0.2, 0.25) is 65.0 Å². The maximum absolute atomic E-state index is 14.4. The molecular weight excluding hydrogens is 1480 g/mol. The first-order chi connectivity index (χ1) is 54.1. The molecule has 610 valence electrons. The van der Waals surface area contributed by atoms with Crippen LogP contribution in [0.25, 0.3) is 22.3 Å². The number of nitrogens with one attached hydrogen (secondary N) is 14. The van der Waals surface area contributed by atoms with E-state index < -0.39 is 193 Å². The van der Waals surface area contributed by atoms with Crippen molar-refractivity contribution in [1.82, 2.24) is 73.8 Å². The van der Waals surface area contributed by atoms with E-state index in [0.29, 0.717) is 28.8 Å². The summed E-state index contributed by atoms with van der Waals surface area (Å²) in [6.45, 7) is 2.55. The molecule has 0 aliphatic carbocycles. The highest BCUT2D eigenvalue weighted by atomic mass is 16.4. The van der Waals surface area contributed by atoms with Gasteiger partial charge in [0.15, 0.2) is 5.96 Å². The minimum atomic E-state index is -2.08. The van der Waals surface area contributed by atoms with E-state index in [4.69, 9.17) is 16.9 Å². The van der Waals surface area contributed by atoms with E-state index in [1.54, 1.807) is 66.7 Å². The minimum Gasteiger partial charge on any atom is -0.481 e. The monoisotopic (exact) mass is 1580 g/mol. The largest absolute Gasteiger partial charge is 0.481 e. The Bertz CT molecular complexity index is 4290. The number of aliphatic hydroxyl groups is 3. The van der Waals surface area contributed by atoms with E-state index in [1.165, 1.54) is 38.5 Å². The summed E-state index contributed by atoms with van der Waals surface area (Å²) in [4.78, 5) is 197. The number of aromatic amines is 1. The van der Waals surface area contributed by atoms with Crippen LogP contribution in [-0.2, 0) is 92.8 Å². The number of aromatic nitrogens is 2. The van der Waals surface area contributed by atoms with E-state index in [2.05, 4.69) is 73.8 Å². The molecule has 37 heteroatoms. The van der Waals surface area contributed by atoms with Gasteiger partial charge in [-0.15, -0.1) is 0 Å². The number of nitrogens with two attached hydrogens (primary N) is 2. The summed E-state index contributed by atoms with van der Waals surface area (Å²) in [6, 6.07) is 22.9. The van der Waals surface area contributed by atoms with Gasteiger partial charge in [0.1, 0.15) is 59.9 Å². The van der Waals surface area contributed by atoms with Crippen molar-refractivity contribution in [2.45, 2.75) is 164 Å². The number of carbonyl (C=O) groups excluding carboxylic acids is 11. The molecule has 0 unspecified atom stereocenters. The number of nitrogens with zero attached hydrogens (tertiary/aromatic N) is 1. The van der Waals surface area contributed by atoms with E-state index >= 15 is 0 Å². The van der Waals surface area contributed by atoms with Crippen LogP contribution in [0.2, 0.25) is 0 Å². The van der Waals surface area contributed by atoms with Crippen molar-refractivity contribution < 1.29 is 97.8 Å². The highest BCUT2D eigenvalue weighted by molar-refractivity contribution is 6.00. The van der Waals surface area contributed by atoms with Gasteiger partial charge in [0.05, 0.1) is 49.8 Å². The van der Waals surface area contributed by atoms with Crippen molar-refractivity contribution in [2.24, 2.45) is 11.5 Å². The van der Waals surface area contributed by atoms with Crippen molar-refractivity contribution in [3.63, 3.8) is 0 Å². The molecule has 5 aromatic carbocycles. The third-order valence-corrected chi connectivity index (χ3v) is 17.8. The first kappa shape index (κ1) is 89.9. The second kappa shape index (κ2) is 44.1. The number of carboxylic acids is 3. The highest BCUT2D eigenvalue weighted by Gasteiger charge is 2.40. The molecule has 0 saturated heterocycles. The van der Waals surface area contributed by atoms with Gasteiger partial charge in [0, 0.05) is 44.8 Å². The Labute approximate surface area is 654 Å². The number of aliphatic hydroxyl groups excluding tert-OH is 3. The van der Waals surface area contributed by atoms with E-state index in [1.807, 2.05) is 60.7 Å². The number of imidazole rings is 1. The van der Waals surface area contributed by atoms with Crippen LogP contribution in [0, 0.1) is 5.41 Å². The fourth-order valence-electron chi connectivity index (χ4n) is 11.5. The van der Waals surface area contributed by atoms with Crippen molar-refractivity contribution in [3.05, 3.63) is 174 Å². The highest BCUT2D eigenvalue weighted by Crippen LogP contribution is 2.23.